The molecule has 2 rings (SSSR count). The van der Waals surface area contributed by atoms with Crippen molar-refractivity contribution in [3.63, 3.8) is 0 Å². The van der Waals surface area contributed by atoms with Gasteiger partial charge in [0, 0.05) is 17.1 Å². The Balaban J connectivity index is 2.12. The van der Waals surface area contributed by atoms with Crippen molar-refractivity contribution in [3.8, 4) is 0 Å². The average Bonchev–Trinajstić information content (AvgIpc) is 2.39. The van der Waals surface area contributed by atoms with Gasteiger partial charge >= 0.3 is 0 Å². The van der Waals surface area contributed by atoms with Crippen LogP contribution in [0.15, 0.2) is 24.3 Å². The van der Waals surface area contributed by atoms with Crippen LogP contribution < -0.4 is 5.73 Å². The molecule has 2 nitrogen and oxygen atoms in total. The Kier molecular flexibility index (Phi) is 5.04. The number of halogens is 1. The van der Waals surface area contributed by atoms with Gasteiger partial charge in [-0.3, -0.25) is 4.90 Å². The van der Waals surface area contributed by atoms with E-state index in [-0.39, 0.29) is 0 Å². The van der Waals surface area contributed by atoms with Crippen LogP contribution in [0.4, 0.5) is 0 Å². The number of hydrogen-bond acceptors (Lipinski definition) is 2. The molecular weight excluding hydrogens is 244 g/mol. The van der Waals surface area contributed by atoms with Crippen LogP contribution in [0.25, 0.3) is 0 Å². The van der Waals surface area contributed by atoms with Gasteiger partial charge in [0.25, 0.3) is 0 Å². The third-order valence-corrected chi connectivity index (χ3v) is 4.24. The standard InChI is InChI=1S/C15H23ClN2/c1-12(13-5-4-6-14(16)11-13)18-10-3-2-7-15(18)8-9-17/h4-6,11-12,15H,2-3,7-10,17H2,1H3. The molecule has 0 amide bonds. The third-order valence-electron chi connectivity index (χ3n) is 4.00. The minimum atomic E-state index is 0.431. The summed E-state index contributed by atoms with van der Waals surface area (Å²) in [6.45, 7) is 4.24. The smallest absolute Gasteiger partial charge is 0.0409 e. The van der Waals surface area contributed by atoms with Gasteiger partial charge in [-0.2, -0.15) is 0 Å². The summed E-state index contributed by atoms with van der Waals surface area (Å²) in [4.78, 5) is 2.60. The molecule has 0 saturated carbocycles. The quantitative estimate of drug-likeness (QED) is 0.902. The van der Waals surface area contributed by atoms with Gasteiger partial charge in [0.15, 0.2) is 0 Å². The van der Waals surface area contributed by atoms with E-state index >= 15 is 0 Å². The van der Waals surface area contributed by atoms with E-state index < -0.39 is 0 Å². The highest BCUT2D eigenvalue weighted by Crippen LogP contribution is 2.30. The molecule has 2 N–H and O–H groups in total. The molecule has 1 aliphatic heterocycles. The molecule has 1 aromatic rings. The molecule has 0 bridgehead atoms. The van der Waals surface area contributed by atoms with E-state index in [1.54, 1.807) is 0 Å². The molecular formula is C15H23ClN2. The number of likely N-dealkylation sites (tertiary alicyclic amines) is 1. The molecule has 2 atom stereocenters. The SMILES string of the molecule is CC(c1cccc(Cl)c1)N1CCCCC1CCN. The van der Waals surface area contributed by atoms with Crippen LogP contribution >= 0.6 is 11.6 Å². The van der Waals surface area contributed by atoms with Crippen molar-refractivity contribution in [2.45, 2.75) is 44.7 Å². The van der Waals surface area contributed by atoms with Gasteiger partial charge in [-0.1, -0.05) is 30.2 Å². The summed E-state index contributed by atoms with van der Waals surface area (Å²) in [6, 6.07) is 9.30. The molecule has 18 heavy (non-hydrogen) atoms. The van der Waals surface area contributed by atoms with Crippen molar-refractivity contribution in [1.29, 1.82) is 0 Å². The lowest BCUT2D eigenvalue weighted by atomic mass is 9.95. The first kappa shape index (κ1) is 13.9. The van der Waals surface area contributed by atoms with Crippen molar-refractivity contribution in [2.24, 2.45) is 5.73 Å². The lowest BCUT2D eigenvalue weighted by molar-refractivity contribution is 0.0984. The third kappa shape index (κ3) is 3.25. The van der Waals surface area contributed by atoms with Gasteiger partial charge in [0.2, 0.25) is 0 Å². The molecule has 1 aromatic carbocycles. The van der Waals surface area contributed by atoms with E-state index in [4.69, 9.17) is 17.3 Å². The van der Waals surface area contributed by atoms with Crippen LogP contribution in [0.5, 0.6) is 0 Å². The molecule has 0 radical (unpaired) electrons. The fourth-order valence-corrected chi connectivity index (χ4v) is 3.19. The van der Waals surface area contributed by atoms with E-state index in [1.165, 1.54) is 31.4 Å². The van der Waals surface area contributed by atoms with Gasteiger partial charge in [-0.15, -0.1) is 0 Å². The first-order valence-electron chi connectivity index (χ1n) is 6.93. The van der Waals surface area contributed by atoms with Crippen LogP contribution in [0.1, 0.15) is 44.2 Å². The van der Waals surface area contributed by atoms with E-state index in [9.17, 15) is 0 Å². The highest BCUT2D eigenvalue weighted by Gasteiger charge is 2.26. The zero-order chi connectivity index (χ0) is 13.0. The Hall–Kier alpha value is -0.570. The van der Waals surface area contributed by atoms with Crippen molar-refractivity contribution in [1.82, 2.24) is 4.90 Å². The number of benzene rings is 1. The lowest BCUT2D eigenvalue weighted by Crippen LogP contribution is -2.42. The van der Waals surface area contributed by atoms with E-state index in [1.807, 2.05) is 12.1 Å². The molecule has 2 unspecified atom stereocenters. The fourth-order valence-electron chi connectivity index (χ4n) is 2.99. The van der Waals surface area contributed by atoms with Gasteiger partial charge in [-0.05, 0) is 57.0 Å². The van der Waals surface area contributed by atoms with Crippen LogP contribution in [0, 0.1) is 0 Å². The van der Waals surface area contributed by atoms with E-state index in [2.05, 4.69) is 24.0 Å². The summed E-state index contributed by atoms with van der Waals surface area (Å²) < 4.78 is 0. The maximum atomic E-state index is 6.09. The Bertz CT molecular complexity index is 379. The van der Waals surface area contributed by atoms with E-state index in [0.29, 0.717) is 12.1 Å². The van der Waals surface area contributed by atoms with Gasteiger partial charge in [0.05, 0.1) is 0 Å². The molecule has 1 saturated heterocycles. The van der Waals surface area contributed by atoms with Crippen LogP contribution in [0.2, 0.25) is 5.02 Å². The summed E-state index contributed by atoms with van der Waals surface area (Å²) >= 11 is 6.09. The van der Waals surface area contributed by atoms with Gasteiger partial charge < -0.3 is 5.73 Å². The molecule has 100 valence electrons. The highest BCUT2D eigenvalue weighted by atomic mass is 35.5. The molecule has 1 heterocycles. The van der Waals surface area contributed by atoms with Crippen molar-refractivity contribution >= 4 is 11.6 Å². The van der Waals surface area contributed by atoms with E-state index in [0.717, 1.165) is 18.0 Å². The van der Waals surface area contributed by atoms with Crippen LogP contribution in [-0.4, -0.2) is 24.0 Å². The summed E-state index contributed by atoms with van der Waals surface area (Å²) in [6.07, 6.45) is 5.02. The predicted molar refractivity (Wildman–Crippen MR) is 77.9 cm³/mol. The molecule has 3 heteroatoms. The second-order valence-electron chi connectivity index (χ2n) is 5.20. The number of nitrogens with two attached hydrogens (primary N) is 1. The summed E-state index contributed by atoms with van der Waals surface area (Å²) in [5.41, 5.74) is 7.05. The molecule has 0 spiro atoms. The lowest BCUT2D eigenvalue weighted by Gasteiger charge is -2.40. The molecule has 0 aliphatic carbocycles. The largest absolute Gasteiger partial charge is 0.330 e. The normalized spacial score (nSPS) is 22.9. The zero-order valence-corrected chi connectivity index (χ0v) is 11.9. The Morgan fingerprint density at radius 1 is 1.44 bits per heavy atom. The first-order valence-corrected chi connectivity index (χ1v) is 7.31. The maximum absolute atomic E-state index is 6.09. The molecule has 0 aromatic heterocycles. The summed E-state index contributed by atoms with van der Waals surface area (Å²) in [7, 11) is 0. The van der Waals surface area contributed by atoms with Crippen LogP contribution in [-0.2, 0) is 0 Å². The predicted octanol–water partition coefficient (Wildman–Crippen LogP) is 3.60. The average molecular weight is 267 g/mol. The van der Waals surface area contributed by atoms with Gasteiger partial charge in [-0.25, -0.2) is 0 Å². The fraction of sp³-hybridized carbons (Fsp3) is 0.600. The van der Waals surface area contributed by atoms with Crippen molar-refractivity contribution < 1.29 is 0 Å². The number of nitrogens with zero attached hydrogens (tertiary/aromatic N) is 1. The minimum Gasteiger partial charge on any atom is -0.330 e. The monoisotopic (exact) mass is 266 g/mol. The second-order valence-corrected chi connectivity index (χ2v) is 5.63. The second kappa shape index (κ2) is 6.55. The molecule has 1 aliphatic rings. The van der Waals surface area contributed by atoms with Gasteiger partial charge in [0.1, 0.15) is 0 Å². The first-order chi connectivity index (χ1) is 8.72. The number of hydrogen-bond donors (Lipinski definition) is 1. The summed E-state index contributed by atoms with van der Waals surface area (Å²) in [5, 5.41) is 0.826. The topological polar surface area (TPSA) is 29.3 Å². The Morgan fingerprint density at radius 3 is 3.00 bits per heavy atom. The minimum absolute atomic E-state index is 0.431. The van der Waals surface area contributed by atoms with Crippen LogP contribution in [0.3, 0.4) is 0 Å². The molecule has 1 fully saturated rings. The highest BCUT2D eigenvalue weighted by molar-refractivity contribution is 6.30. The van der Waals surface area contributed by atoms with Crippen molar-refractivity contribution in [2.75, 3.05) is 13.1 Å². The number of piperidine rings is 1. The number of rotatable bonds is 4. The maximum Gasteiger partial charge on any atom is 0.0409 e. The Labute approximate surface area is 115 Å². The Morgan fingerprint density at radius 2 is 2.28 bits per heavy atom. The van der Waals surface area contributed by atoms with Crippen molar-refractivity contribution in [3.05, 3.63) is 34.9 Å². The summed E-state index contributed by atoms with van der Waals surface area (Å²) in [5.74, 6) is 0. The zero-order valence-electron chi connectivity index (χ0n) is 11.1.